The zero-order valence-corrected chi connectivity index (χ0v) is 17.7. The molecule has 2 N–H and O–H groups in total. The van der Waals surface area contributed by atoms with Crippen LogP contribution in [-0.2, 0) is 6.42 Å². The molecule has 0 saturated carbocycles. The number of fused-ring (bicyclic) bond motifs is 1. The molecule has 154 valence electrons. The van der Waals surface area contributed by atoms with Crippen LogP contribution in [0.15, 0.2) is 33.8 Å². The van der Waals surface area contributed by atoms with Crippen molar-refractivity contribution in [3.63, 3.8) is 0 Å². The maximum atomic E-state index is 12.5. The number of carbonyl (C=O) groups is 2. The lowest BCUT2D eigenvalue weighted by Gasteiger charge is -2.13. The minimum atomic E-state index is -0.333. The number of carbonyl (C=O) groups excluding carboxylic acids is 2. The fourth-order valence-electron chi connectivity index (χ4n) is 3.36. The smallest absolute Gasteiger partial charge is 0.287 e. The Morgan fingerprint density at radius 3 is 2.76 bits per heavy atom. The van der Waals surface area contributed by atoms with Crippen molar-refractivity contribution in [2.24, 2.45) is 11.0 Å². The number of aryl methyl sites for hydroxylation is 1. The molecule has 1 heterocycles. The molecular weight excluding hydrogens is 390 g/mol. The predicted molar refractivity (Wildman–Crippen MR) is 114 cm³/mol. The molecule has 1 aromatic carbocycles. The third-order valence-corrected chi connectivity index (χ3v) is 5.15. The first-order chi connectivity index (χ1) is 13.9. The molecule has 29 heavy (non-hydrogen) atoms. The van der Waals surface area contributed by atoms with Crippen LogP contribution in [0, 0.1) is 12.8 Å². The zero-order valence-electron chi connectivity index (χ0n) is 17.0. The molecule has 0 radical (unpaired) electrons. The van der Waals surface area contributed by atoms with Crippen molar-refractivity contribution in [3.05, 3.63) is 57.5 Å². The van der Waals surface area contributed by atoms with Crippen molar-refractivity contribution in [3.8, 4) is 0 Å². The lowest BCUT2D eigenvalue weighted by Crippen LogP contribution is -2.25. The summed E-state index contributed by atoms with van der Waals surface area (Å²) in [5.41, 5.74) is 5.35. The largest absolute Gasteiger partial charge is 0.455 e. The molecule has 0 fully saturated rings. The van der Waals surface area contributed by atoms with Gasteiger partial charge in [-0.15, -0.1) is 0 Å². The molecule has 7 heteroatoms. The SMILES string of the molecule is Cc1c(C(=O)NCCC(C)C)oc2c1/C(=N/NC(=O)c1cccc(Cl)c1)CCC2. The molecule has 1 aliphatic rings. The average Bonchev–Trinajstić information content (AvgIpc) is 3.03. The van der Waals surface area contributed by atoms with Crippen LogP contribution in [0.3, 0.4) is 0 Å². The summed E-state index contributed by atoms with van der Waals surface area (Å²) in [6.07, 6.45) is 3.21. The summed E-state index contributed by atoms with van der Waals surface area (Å²) in [5, 5.41) is 7.74. The molecule has 6 nitrogen and oxygen atoms in total. The van der Waals surface area contributed by atoms with Crippen LogP contribution in [0.2, 0.25) is 5.02 Å². The topological polar surface area (TPSA) is 83.7 Å². The van der Waals surface area contributed by atoms with E-state index in [0.717, 1.165) is 41.9 Å². The van der Waals surface area contributed by atoms with Crippen molar-refractivity contribution in [1.29, 1.82) is 0 Å². The third kappa shape index (κ3) is 5.07. The summed E-state index contributed by atoms with van der Waals surface area (Å²) >= 11 is 5.95. The van der Waals surface area contributed by atoms with Crippen LogP contribution >= 0.6 is 11.6 Å². The van der Waals surface area contributed by atoms with E-state index in [2.05, 4.69) is 29.7 Å². The van der Waals surface area contributed by atoms with Crippen molar-refractivity contribution < 1.29 is 14.0 Å². The lowest BCUT2D eigenvalue weighted by atomic mass is 9.93. The fraction of sp³-hybridized carbons (Fsp3) is 0.409. The number of furan rings is 1. The van der Waals surface area contributed by atoms with Crippen LogP contribution in [0.25, 0.3) is 0 Å². The van der Waals surface area contributed by atoms with Crippen molar-refractivity contribution >= 4 is 29.1 Å². The number of benzene rings is 1. The molecule has 0 bridgehead atoms. The highest BCUT2D eigenvalue weighted by molar-refractivity contribution is 6.31. The van der Waals surface area contributed by atoms with E-state index in [1.807, 2.05) is 6.92 Å². The number of hydrogen-bond donors (Lipinski definition) is 2. The molecule has 1 aliphatic carbocycles. The molecule has 1 aromatic heterocycles. The van der Waals surface area contributed by atoms with E-state index >= 15 is 0 Å². The van der Waals surface area contributed by atoms with Gasteiger partial charge >= 0.3 is 0 Å². The normalized spacial score (nSPS) is 14.7. The standard InChI is InChI=1S/C22H26ClN3O3/c1-13(2)10-11-24-22(28)20-14(3)19-17(8-5-9-18(19)29-20)25-26-21(27)15-6-4-7-16(23)12-15/h4,6-7,12-13H,5,8-11H2,1-3H3,(H,24,28)(H,26,27)/b25-17+. The summed E-state index contributed by atoms with van der Waals surface area (Å²) in [5.74, 6) is 1.05. The molecule has 2 amide bonds. The Morgan fingerprint density at radius 2 is 2.03 bits per heavy atom. The summed E-state index contributed by atoms with van der Waals surface area (Å²) < 4.78 is 5.87. The molecule has 3 rings (SSSR count). The van der Waals surface area contributed by atoms with Gasteiger partial charge < -0.3 is 9.73 Å². The van der Waals surface area contributed by atoms with E-state index < -0.39 is 0 Å². The minimum Gasteiger partial charge on any atom is -0.455 e. The van der Waals surface area contributed by atoms with Gasteiger partial charge in [0.15, 0.2) is 5.76 Å². The van der Waals surface area contributed by atoms with E-state index in [4.69, 9.17) is 16.0 Å². The van der Waals surface area contributed by atoms with Gasteiger partial charge in [-0.25, -0.2) is 5.43 Å². The molecular formula is C22H26ClN3O3. The van der Waals surface area contributed by atoms with Gasteiger partial charge in [-0.1, -0.05) is 31.5 Å². The fourth-order valence-corrected chi connectivity index (χ4v) is 3.55. The molecule has 2 aromatic rings. The average molecular weight is 416 g/mol. The summed E-state index contributed by atoms with van der Waals surface area (Å²) in [6, 6.07) is 6.69. The number of hydrogen-bond acceptors (Lipinski definition) is 4. The zero-order chi connectivity index (χ0) is 21.0. The highest BCUT2D eigenvalue weighted by Gasteiger charge is 2.28. The first-order valence-electron chi connectivity index (χ1n) is 9.90. The van der Waals surface area contributed by atoms with E-state index in [0.29, 0.717) is 35.2 Å². The molecule has 0 spiro atoms. The van der Waals surface area contributed by atoms with Crippen molar-refractivity contribution in [1.82, 2.24) is 10.7 Å². The number of amides is 2. The van der Waals surface area contributed by atoms with Crippen LogP contribution in [0.1, 0.15) is 70.9 Å². The number of nitrogens with zero attached hydrogens (tertiary/aromatic N) is 1. The molecule has 0 unspecified atom stereocenters. The van der Waals surface area contributed by atoms with Crippen LogP contribution in [-0.4, -0.2) is 24.1 Å². The molecule has 0 saturated heterocycles. The monoisotopic (exact) mass is 415 g/mol. The second kappa shape index (κ2) is 9.27. The minimum absolute atomic E-state index is 0.208. The Bertz CT molecular complexity index is 947. The second-order valence-electron chi connectivity index (χ2n) is 7.66. The Morgan fingerprint density at radius 1 is 1.24 bits per heavy atom. The Labute approximate surface area is 175 Å². The number of rotatable bonds is 6. The highest BCUT2D eigenvalue weighted by Crippen LogP contribution is 2.29. The highest BCUT2D eigenvalue weighted by atomic mass is 35.5. The quantitative estimate of drug-likeness (QED) is 0.682. The van der Waals surface area contributed by atoms with Gasteiger partial charge in [-0.2, -0.15) is 5.10 Å². The maximum Gasteiger partial charge on any atom is 0.287 e. The molecule has 0 atom stereocenters. The summed E-state index contributed by atoms with van der Waals surface area (Å²) in [6.45, 7) is 6.70. The van der Waals surface area contributed by atoms with Gasteiger partial charge in [0, 0.05) is 34.7 Å². The Hall–Kier alpha value is -2.60. The van der Waals surface area contributed by atoms with Gasteiger partial charge in [0.05, 0.1) is 5.71 Å². The second-order valence-corrected chi connectivity index (χ2v) is 8.09. The first kappa shape index (κ1) is 21.1. The van der Waals surface area contributed by atoms with Crippen molar-refractivity contribution in [2.45, 2.75) is 46.5 Å². The van der Waals surface area contributed by atoms with Crippen LogP contribution in [0.5, 0.6) is 0 Å². The van der Waals surface area contributed by atoms with Gasteiger partial charge in [-0.3, -0.25) is 9.59 Å². The Balaban J connectivity index is 1.77. The first-order valence-corrected chi connectivity index (χ1v) is 10.3. The summed E-state index contributed by atoms with van der Waals surface area (Å²) in [7, 11) is 0. The van der Waals surface area contributed by atoms with Gasteiger partial charge in [-0.05, 0) is 50.3 Å². The van der Waals surface area contributed by atoms with Crippen LogP contribution < -0.4 is 10.7 Å². The lowest BCUT2D eigenvalue weighted by molar-refractivity contribution is 0.0920. The third-order valence-electron chi connectivity index (χ3n) is 4.92. The van der Waals surface area contributed by atoms with E-state index in [9.17, 15) is 9.59 Å². The summed E-state index contributed by atoms with van der Waals surface area (Å²) in [4.78, 5) is 24.9. The predicted octanol–water partition coefficient (Wildman–Crippen LogP) is 4.49. The maximum absolute atomic E-state index is 12.5. The van der Waals surface area contributed by atoms with E-state index in [1.165, 1.54) is 0 Å². The van der Waals surface area contributed by atoms with Crippen LogP contribution in [0.4, 0.5) is 0 Å². The van der Waals surface area contributed by atoms with Gasteiger partial charge in [0.25, 0.3) is 11.8 Å². The molecule has 0 aliphatic heterocycles. The van der Waals surface area contributed by atoms with E-state index in [-0.39, 0.29) is 11.8 Å². The van der Waals surface area contributed by atoms with Gasteiger partial charge in [0.1, 0.15) is 5.76 Å². The van der Waals surface area contributed by atoms with Crippen molar-refractivity contribution in [2.75, 3.05) is 6.54 Å². The van der Waals surface area contributed by atoms with E-state index in [1.54, 1.807) is 24.3 Å². The number of halogens is 1. The number of hydrazone groups is 1. The van der Waals surface area contributed by atoms with Gasteiger partial charge in [0.2, 0.25) is 0 Å². The number of nitrogens with one attached hydrogen (secondary N) is 2. The Kier molecular flexibility index (Phi) is 6.75.